The lowest BCUT2D eigenvalue weighted by molar-refractivity contribution is 0.0815. The summed E-state index contributed by atoms with van der Waals surface area (Å²) in [5.74, 6) is 0.397. The van der Waals surface area contributed by atoms with Crippen LogP contribution in [-0.4, -0.2) is 35.9 Å². The quantitative estimate of drug-likeness (QED) is 0.324. The number of Topliss-reactive ketones (excluding diaryl/α,β-unsaturated/α-hetero) is 2. The van der Waals surface area contributed by atoms with Crippen LogP contribution in [0.25, 0.3) is 0 Å². The summed E-state index contributed by atoms with van der Waals surface area (Å²) >= 11 is 12.3. The molecule has 2 aromatic carbocycles. The summed E-state index contributed by atoms with van der Waals surface area (Å²) in [6.45, 7) is 9.14. The Balaban J connectivity index is 1.99. The van der Waals surface area contributed by atoms with E-state index in [1.54, 1.807) is 24.3 Å². The number of halogens is 2. The third-order valence-corrected chi connectivity index (χ3v) is 6.15. The Kier molecular flexibility index (Phi) is 8.27. The molecule has 0 saturated heterocycles. The van der Waals surface area contributed by atoms with Gasteiger partial charge >= 0.3 is 0 Å². The van der Waals surface area contributed by atoms with Crippen LogP contribution >= 0.6 is 23.2 Å². The van der Waals surface area contributed by atoms with Crippen LogP contribution in [0.1, 0.15) is 60.4 Å². The zero-order valence-electron chi connectivity index (χ0n) is 18.5. The van der Waals surface area contributed by atoms with E-state index in [2.05, 4.69) is 4.90 Å². The van der Waals surface area contributed by atoms with Crippen LogP contribution in [0.3, 0.4) is 0 Å². The van der Waals surface area contributed by atoms with Gasteiger partial charge in [0.2, 0.25) is 0 Å². The van der Waals surface area contributed by atoms with Gasteiger partial charge in [-0.05, 0) is 37.7 Å². The first-order chi connectivity index (χ1) is 14.0. The van der Waals surface area contributed by atoms with Gasteiger partial charge in [-0.2, -0.15) is 0 Å². The predicted octanol–water partition coefficient (Wildman–Crippen LogP) is 6.52. The van der Waals surface area contributed by atoms with E-state index in [-0.39, 0.29) is 22.9 Å². The molecule has 0 heterocycles. The number of alkyl halides is 1. The molecule has 3 nitrogen and oxygen atoms in total. The van der Waals surface area contributed by atoms with Crippen LogP contribution in [-0.2, 0) is 6.54 Å². The molecular formula is C25H31Cl2NO2. The monoisotopic (exact) mass is 447 g/mol. The number of carbonyl (C=O) groups is 2. The van der Waals surface area contributed by atoms with E-state index in [0.29, 0.717) is 17.0 Å². The number of hydrogen-bond donors (Lipinski definition) is 0. The Hall–Kier alpha value is -1.68. The molecule has 0 spiro atoms. The first kappa shape index (κ1) is 24.6. The van der Waals surface area contributed by atoms with Crippen LogP contribution in [0.4, 0.5) is 0 Å². The minimum atomic E-state index is -0.663. The molecule has 0 saturated carbocycles. The second-order valence-corrected chi connectivity index (χ2v) is 10.0. The van der Waals surface area contributed by atoms with Crippen LogP contribution in [0.5, 0.6) is 0 Å². The molecule has 2 rings (SSSR count). The number of benzene rings is 2. The Bertz CT molecular complexity index is 887. The molecule has 0 amide bonds. The zero-order valence-corrected chi connectivity index (χ0v) is 20.0. The van der Waals surface area contributed by atoms with Crippen molar-refractivity contribution in [2.75, 3.05) is 19.5 Å². The average molecular weight is 448 g/mol. The lowest BCUT2D eigenvalue weighted by Crippen LogP contribution is -2.34. The maximum absolute atomic E-state index is 13.0. The first-order valence-electron chi connectivity index (χ1n) is 10.1. The van der Waals surface area contributed by atoms with Gasteiger partial charge in [0.15, 0.2) is 11.6 Å². The molecule has 0 bridgehead atoms. The molecule has 1 unspecified atom stereocenters. The van der Waals surface area contributed by atoms with Crippen molar-refractivity contribution in [3.8, 4) is 0 Å². The molecular weight excluding hydrogens is 417 g/mol. The van der Waals surface area contributed by atoms with Gasteiger partial charge in [0.25, 0.3) is 0 Å². The Morgan fingerprint density at radius 3 is 2.10 bits per heavy atom. The molecule has 0 aliphatic rings. The SMILES string of the molecule is CN(CCC(C)(CCl)C(=O)c1cccc(Cl)c1)Cc1ccc(C(=O)C(C)(C)C)cc1. The van der Waals surface area contributed by atoms with Crippen molar-refractivity contribution >= 4 is 34.8 Å². The van der Waals surface area contributed by atoms with Crippen molar-refractivity contribution < 1.29 is 9.59 Å². The average Bonchev–Trinajstić information content (AvgIpc) is 2.71. The van der Waals surface area contributed by atoms with Crippen LogP contribution < -0.4 is 0 Å². The summed E-state index contributed by atoms with van der Waals surface area (Å²) in [6.07, 6.45) is 0.638. The molecule has 2 aromatic rings. The van der Waals surface area contributed by atoms with E-state index in [1.807, 2.05) is 59.0 Å². The van der Waals surface area contributed by atoms with Gasteiger partial charge in [-0.25, -0.2) is 0 Å². The highest BCUT2D eigenvalue weighted by molar-refractivity contribution is 6.31. The van der Waals surface area contributed by atoms with Crippen molar-refractivity contribution in [3.63, 3.8) is 0 Å². The minimum Gasteiger partial charge on any atom is -0.302 e. The predicted molar refractivity (Wildman–Crippen MR) is 126 cm³/mol. The summed E-state index contributed by atoms with van der Waals surface area (Å²) < 4.78 is 0. The molecule has 0 N–H and O–H groups in total. The van der Waals surface area contributed by atoms with E-state index in [9.17, 15) is 9.59 Å². The molecule has 162 valence electrons. The number of ketones is 2. The lowest BCUT2D eigenvalue weighted by atomic mass is 9.81. The third-order valence-electron chi connectivity index (χ3n) is 5.33. The van der Waals surface area contributed by atoms with Gasteiger partial charge in [-0.3, -0.25) is 9.59 Å². The van der Waals surface area contributed by atoms with Crippen molar-refractivity contribution in [1.82, 2.24) is 4.90 Å². The molecule has 0 aliphatic carbocycles. The summed E-state index contributed by atoms with van der Waals surface area (Å²) in [5, 5.41) is 0.545. The molecule has 0 fully saturated rings. The van der Waals surface area contributed by atoms with Crippen LogP contribution in [0.15, 0.2) is 48.5 Å². The second-order valence-electron chi connectivity index (χ2n) is 9.30. The maximum Gasteiger partial charge on any atom is 0.170 e. The topological polar surface area (TPSA) is 37.4 Å². The second kappa shape index (κ2) is 10.1. The number of carbonyl (C=O) groups excluding carboxylic acids is 2. The van der Waals surface area contributed by atoms with Gasteiger partial charge in [0, 0.05) is 39.4 Å². The van der Waals surface area contributed by atoms with Gasteiger partial charge in [-0.1, -0.05) is 75.7 Å². The highest BCUT2D eigenvalue weighted by Gasteiger charge is 2.33. The standard InChI is InChI=1S/C25H31Cl2NO2/c1-24(2,3)22(29)19-11-9-18(10-12-19)16-28(5)14-13-25(4,17-26)23(30)20-7-6-8-21(27)15-20/h6-12,15H,13-14,16-17H2,1-5H3. The number of hydrogen-bond acceptors (Lipinski definition) is 3. The van der Waals surface area contributed by atoms with Crippen molar-refractivity contribution in [3.05, 3.63) is 70.2 Å². The fourth-order valence-corrected chi connectivity index (χ4v) is 3.69. The molecule has 0 aliphatic heterocycles. The smallest absolute Gasteiger partial charge is 0.170 e. The maximum atomic E-state index is 13.0. The molecule has 5 heteroatoms. The summed E-state index contributed by atoms with van der Waals surface area (Å²) in [4.78, 5) is 27.6. The lowest BCUT2D eigenvalue weighted by Gasteiger charge is -2.28. The Morgan fingerprint density at radius 2 is 1.57 bits per heavy atom. The molecule has 0 radical (unpaired) electrons. The first-order valence-corrected chi connectivity index (χ1v) is 11.1. The van der Waals surface area contributed by atoms with E-state index in [0.717, 1.165) is 24.2 Å². The largest absolute Gasteiger partial charge is 0.302 e. The highest BCUT2D eigenvalue weighted by Crippen LogP contribution is 2.30. The van der Waals surface area contributed by atoms with E-state index >= 15 is 0 Å². The third kappa shape index (κ3) is 6.41. The number of nitrogens with zero attached hydrogens (tertiary/aromatic N) is 1. The molecule has 1 atom stereocenters. The van der Waals surface area contributed by atoms with Gasteiger partial charge in [0.05, 0.1) is 0 Å². The summed E-state index contributed by atoms with van der Waals surface area (Å²) in [7, 11) is 2.02. The van der Waals surface area contributed by atoms with Crippen LogP contribution in [0, 0.1) is 10.8 Å². The minimum absolute atomic E-state index is 0.0124. The van der Waals surface area contributed by atoms with Gasteiger partial charge in [-0.15, -0.1) is 11.6 Å². The fourth-order valence-electron chi connectivity index (χ4n) is 3.24. The van der Waals surface area contributed by atoms with Crippen molar-refractivity contribution in [2.24, 2.45) is 10.8 Å². The normalized spacial score (nSPS) is 13.9. The van der Waals surface area contributed by atoms with Gasteiger partial charge in [0.1, 0.15) is 0 Å². The summed E-state index contributed by atoms with van der Waals surface area (Å²) in [6, 6.07) is 14.8. The summed E-state index contributed by atoms with van der Waals surface area (Å²) in [5.41, 5.74) is 1.39. The number of rotatable bonds is 9. The van der Waals surface area contributed by atoms with Gasteiger partial charge < -0.3 is 4.90 Å². The van der Waals surface area contributed by atoms with Crippen molar-refractivity contribution in [1.29, 1.82) is 0 Å². The van der Waals surface area contributed by atoms with E-state index in [4.69, 9.17) is 23.2 Å². The molecule has 0 aromatic heterocycles. The van der Waals surface area contributed by atoms with E-state index < -0.39 is 5.41 Å². The Morgan fingerprint density at radius 1 is 0.933 bits per heavy atom. The highest BCUT2D eigenvalue weighted by atomic mass is 35.5. The fraction of sp³-hybridized carbons (Fsp3) is 0.440. The van der Waals surface area contributed by atoms with Crippen LogP contribution in [0.2, 0.25) is 5.02 Å². The molecule has 30 heavy (non-hydrogen) atoms. The van der Waals surface area contributed by atoms with E-state index in [1.165, 1.54) is 0 Å². The zero-order chi connectivity index (χ0) is 22.5. The van der Waals surface area contributed by atoms with Crippen molar-refractivity contribution in [2.45, 2.75) is 40.7 Å². The Labute approximate surface area is 190 Å².